The first kappa shape index (κ1) is 30.6. The first-order chi connectivity index (χ1) is 17.8. The number of aryl methyl sites for hydroxylation is 2. The van der Waals surface area contributed by atoms with E-state index in [0.29, 0.717) is 11.3 Å². The van der Waals surface area contributed by atoms with E-state index in [1.165, 1.54) is 0 Å². The van der Waals surface area contributed by atoms with Gasteiger partial charge in [-0.1, -0.05) is 32.4 Å². The van der Waals surface area contributed by atoms with Crippen LogP contribution in [-0.4, -0.2) is 55.5 Å². The van der Waals surface area contributed by atoms with Gasteiger partial charge < -0.3 is 10.0 Å². The minimum Gasteiger partial charge on any atom is -0.481 e. The number of carboxylic acids is 1. The highest BCUT2D eigenvalue weighted by Crippen LogP contribution is 2.43. The Hall–Kier alpha value is -2.95. The third-order valence-corrected chi connectivity index (χ3v) is 7.35. The Morgan fingerprint density at radius 2 is 1.77 bits per heavy atom. The van der Waals surface area contributed by atoms with Gasteiger partial charge in [0.2, 0.25) is 0 Å². The molecule has 0 aliphatic heterocycles. The van der Waals surface area contributed by atoms with E-state index in [9.17, 15) is 32.7 Å². The van der Waals surface area contributed by atoms with E-state index in [0.717, 1.165) is 15.8 Å². The first-order valence-electron chi connectivity index (χ1n) is 12.7. The van der Waals surface area contributed by atoms with Crippen molar-refractivity contribution in [3.8, 4) is 0 Å². The number of amides is 1. The molecule has 1 aliphatic carbocycles. The Balaban J connectivity index is 1.99. The van der Waals surface area contributed by atoms with Crippen molar-refractivity contribution >= 4 is 29.3 Å². The normalized spacial score (nSPS) is 20.1. The van der Waals surface area contributed by atoms with Crippen LogP contribution in [-0.2, 0) is 11.0 Å². The average Bonchev–Trinajstić information content (AvgIpc) is 3.22. The number of carbonyl (C=O) groups excluding carboxylic acids is 2. The summed E-state index contributed by atoms with van der Waals surface area (Å²) in [6.07, 6.45) is -3.31. The molecular weight excluding hydrogens is 537 g/mol. The third kappa shape index (κ3) is 6.80. The van der Waals surface area contributed by atoms with Gasteiger partial charge in [-0.05, 0) is 63.5 Å². The molecule has 1 amide bonds. The lowest BCUT2D eigenvalue weighted by atomic mass is 9.74. The molecular formula is C27H34ClF3N4O4. The number of Topliss-reactive ketones (excluding diaryl/α,β-unsaturated/α-hetero) is 1. The van der Waals surface area contributed by atoms with E-state index in [1.54, 1.807) is 47.6 Å². The van der Waals surface area contributed by atoms with E-state index in [1.807, 2.05) is 0 Å². The molecule has 1 fully saturated rings. The molecule has 1 saturated carbocycles. The topological polar surface area (TPSA) is 105 Å². The molecule has 0 spiro atoms. The highest BCUT2D eigenvalue weighted by Gasteiger charge is 2.45. The number of nitrogens with zero attached hydrogens (tertiary/aromatic N) is 4. The molecule has 2 aromatic heterocycles. The standard InChI is InChI=1S/C27H34ClF3N4O4/c1-15-11-16(2)33-22(28)20(15)19(36)13-34(14-25(3,4)5)23(37)18-12-32-35(21(18)27(29,30)31)17-7-9-26(6,10-8-17)24(38)39/h11-12,17H,7-10,13-14H2,1-6H3,(H,38,39). The number of carbonyl (C=O) groups is 3. The number of aromatic nitrogens is 3. The molecule has 0 aromatic carbocycles. The molecule has 1 aliphatic rings. The molecule has 0 radical (unpaired) electrons. The van der Waals surface area contributed by atoms with Crippen LogP contribution >= 0.6 is 11.6 Å². The summed E-state index contributed by atoms with van der Waals surface area (Å²) < 4.78 is 44.0. The Kier molecular flexibility index (Phi) is 8.55. The highest BCUT2D eigenvalue weighted by atomic mass is 35.5. The number of ketones is 1. The molecule has 2 aromatic rings. The molecule has 39 heavy (non-hydrogen) atoms. The van der Waals surface area contributed by atoms with E-state index < -0.39 is 58.5 Å². The zero-order valence-corrected chi connectivity index (χ0v) is 23.7. The van der Waals surface area contributed by atoms with Gasteiger partial charge in [-0.15, -0.1) is 0 Å². The van der Waals surface area contributed by atoms with Crippen molar-refractivity contribution in [1.29, 1.82) is 0 Å². The lowest BCUT2D eigenvalue weighted by Crippen LogP contribution is -2.42. The number of aliphatic carboxylic acids is 1. The minimum absolute atomic E-state index is 0.00357. The average molecular weight is 571 g/mol. The fourth-order valence-corrected chi connectivity index (χ4v) is 5.49. The SMILES string of the molecule is Cc1cc(C)c(C(=O)CN(CC(C)(C)C)C(=O)c2cnn(C3CCC(C)(C(=O)O)CC3)c2C(F)(F)F)c(Cl)n1. The fourth-order valence-electron chi connectivity index (χ4n) is 5.10. The van der Waals surface area contributed by atoms with Crippen molar-refractivity contribution in [2.45, 2.75) is 79.4 Å². The van der Waals surface area contributed by atoms with Gasteiger partial charge in [0, 0.05) is 12.2 Å². The summed E-state index contributed by atoms with van der Waals surface area (Å²) in [7, 11) is 0. The second kappa shape index (κ2) is 10.9. The molecule has 12 heteroatoms. The summed E-state index contributed by atoms with van der Waals surface area (Å²) >= 11 is 6.22. The molecule has 3 rings (SSSR count). The molecule has 214 valence electrons. The zero-order chi connectivity index (χ0) is 29.5. The summed E-state index contributed by atoms with van der Waals surface area (Å²) in [6, 6.07) is 0.953. The molecule has 0 atom stereocenters. The van der Waals surface area contributed by atoms with Gasteiger partial charge in [-0.25, -0.2) is 4.98 Å². The van der Waals surface area contributed by atoms with Crippen LogP contribution in [0.3, 0.4) is 0 Å². The number of hydrogen-bond donors (Lipinski definition) is 1. The largest absolute Gasteiger partial charge is 0.481 e. The van der Waals surface area contributed by atoms with Crippen molar-refractivity contribution < 1.29 is 32.7 Å². The van der Waals surface area contributed by atoms with Gasteiger partial charge in [0.25, 0.3) is 5.91 Å². The maximum absolute atomic E-state index is 14.4. The molecule has 1 N–H and O–H groups in total. The lowest BCUT2D eigenvalue weighted by molar-refractivity contribution is -0.152. The molecule has 2 heterocycles. The molecule has 0 unspecified atom stereocenters. The maximum Gasteiger partial charge on any atom is 0.433 e. The van der Waals surface area contributed by atoms with Crippen LogP contribution in [0.15, 0.2) is 12.3 Å². The van der Waals surface area contributed by atoms with Crippen LogP contribution in [0.4, 0.5) is 13.2 Å². The minimum atomic E-state index is -4.91. The predicted octanol–water partition coefficient (Wildman–Crippen LogP) is 6.14. The second-order valence-electron chi connectivity index (χ2n) is 11.8. The van der Waals surface area contributed by atoms with E-state index in [-0.39, 0.29) is 42.9 Å². The Labute approximate surface area is 230 Å². The van der Waals surface area contributed by atoms with Crippen LogP contribution in [0.5, 0.6) is 0 Å². The number of carboxylic acid groups (broad SMARTS) is 1. The second-order valence-corrected chi connectivity index (χ2v) is 12.2. The van der Waals surface area contributed by atoms with Gasteiger partial charge >= 0.3 is 12.1 Å². The van der Waals surface area contributed by atoms with E-state index >= 15 is 0 Å². The first-order valence-corrected chi connectivity index (χ1v) is 13.1. The van der Waals surface area contributed by atoms with Crippen molar-refractivity contribution in [2.24, 2.45) is 10.8 Å². The molecule has 0 saturated heterocycles. The lowest BCUT2D eigenvalue weighted by Gasteiger charge is -2.34. The van der Waals surface area contributed by atoms with Crippen LogP contribution < -0.4 is 0 Å². The van der Waals surface area contributed by atoms with Crippen LogP contribution in [0.1, 0.15) is 97.1 Å². The Morgan fingerprint density at radius 3 is 2.26 bits per heavy atom. The third-order valence-electron chi connectivity index (χ3n) is 7.08. The van der Waals surface area contributed by atoms with Gasteiger partial charge in [0.05, 0.1) is 35.3 Å². The summed E-state index contributed by atoms with van der Waals surface area (Å²) in [4.78, 5) is 43.7. The van der Waals surface area contributed by atoms with Crippen molar-refractivity contribution in [2.75, 3.05) is 13.1 Å². The van der Waals surface area contributed by atoms with Gasteiger partial charge in [-0.3, -0.25) is 19.1 Å². The molecule has 0 bridgehead atoms. The van der Waals surface area contributed by atoms with Gasteiger partial charge in [0.1, 0.15) is 5.15 Å². The Bertz CT molecular complexity index is 1250. The predicted molar refractivity (Wildman–Crippen MR) is 139 cm³/mol. The quantitative estimate of drug-likeness (QED) is 0.316. The van der Waals surface area contributed by atoms with E-state index in [4.69, 9.17) is 11.6 Å². The van der Waals surface area contributed by atoms with Gasteiger partial charge in [-0.2, -0.15) is 18.3 Å². The zero-order valence-electron chi connectivity index (χ0n) is 22.9. The number of halogens is 4. The number of pyridine rings is 1. The van der Waals surface area contributed by atoms with Crippen LogP contribution in [0.25, 0.3) is 0 Å². The number of alkyl halides is 3. The van der Waals surface area contributed by atoms with Crippen molar-refractivity contribution in [3.63, 3.8) is 0 Å². The van der Waals surface area contributed by atoms with Crippen molar-refractivity contribution in [3.05, 3.63) is 45.5 Å². The fraction of sp³-hybridized carbons (Fsp3) is 0.593. The Morgan fingerprint density at radius 1 is 1.18 bits per heavy atom. The summed E-state index contributed by atoms with van der Waals surface area (Å²) in [5, 5.41) is 13.4. The van der Waals surface area contributed by atoms with Crippen LogP contribution in [0, 0.1) is 24.7 Å². The van der Waals surface area contributed by atoms with Crippen LogP contribution in [0.2, 0.25) is 5.15 Å². The number of hydrogen-bond acceptors (Lipinski definition) is 5. The summed E-state index contributed by atoms with van der Waals surface area (Å²) in [6.45, 7) is 9.88. The smallest absolute Gasteiger partial charge is 0.433 e. The highest BCUT2D eigenvalue weighted by molar-refractivity contribution is 6.33. The molecule has 8 nitrogen and oxygen atoms in total. The van der Waals surface area contributed by atoms with E-state index in [2.05, 4.69) is 10.1 Å². The van der Waals surface area contributed by atoms with Crippen molar-refractivity contribution in [1.82, 2.24) is 19.7 Å². The maximum atomic E-state index is 14.4. The monoisotopic (exact) mass is 570 g/mol. The van der Waals surface area contributed by atoms with Gasteiger partial charge in [0.15, 0.2) is 11.5 Å². The number of rotatable bonds is 7. The summed E-state index contributed by atoms with van der Waals surface area (Å²) in [5.41, 5.74) is -2.15. The summed E-state index contributed by atoms with van der Waals surface area (Å²) in [5.74, 6) is -2.50.